The Morgan fingerprint density at radius 1 is 1.00 bits per heavy atom. The van der Waals surface area contributed by atoms with Gasteiger partial charge in [-0.25, -0.2) is 0 Å². The van der Waals surface area contributed by atoms with Crippen LogP contribution in [0.3, 0.4) is 0 Å². The van der Waals surface area contributed by atoms with Gasteiger partial charge in [-0.2, -0.15) is 30.7 Å². The topological polar surface area (TPSA) is 9.23 Å². The fraction of sp³-hybridized carbons (Fsp3) is 0.625. The molecular weight excluding hydrogens is 341 g/mol. The van der Waals surface area contributed by atoms with Gasteiger partial charge < -0.3 is 4.74 Å². The number of methoxy groups -OCH3 is 1. The molecule has 138 valence electrons. The van der Waals surface area contributed by atoms with Gasteiger partial charge in [-0.3, -0.25) is 0 Å². The molecule has 1 nitrogen and oxygen atoms in total. The standard InChI is InChI=1S/C16H19F7O/c1-4-10(2)11-6-5-7-12(8-11)13(24-3)9-14(17,18)15(19,20)16(21,22)23/h5-8,10,13H,4,9H2,1-3H3. The van der Waals surface area contributed by atoms with E-state index in [4.69, 9.17) is 4.74 Å². The second kappa shape index (κ2) is 7.29. The molecule has 0 radical (unpaired) electrons. The van der Waals surface area contributed by atoms with Crippen LogP contribution in [0.2, 0.25) is 0 Å². The molecule has 2 atom stereocenters. The number of hydrogen-bond acceptors (Lipinski definition) is 1. The molecule has 0 aliphatic heterocycles. The van der Waals surface area contributed by atoms with Crippen LogP contribution in [0.15, 0.2) is 24.3 Å². The summed E-state index contributed by atoms with van der Waals surface area (Å²) in [5.74, 6) is -11.3. The van der Waals surface area contributed by atoms with Crippen molar-refractivity contribution >= 4 is 0 Å². The molecule has 1 rings (SSSR count). The summed E-state index contributed by atoms with van der Waals surface area (Å²) in [6.45, 7) is 3.79. The van der Waals surface area contributed by atoms with Gasteiger partial charge in [0.1, 0.15) is 0 Å². The van der Waals surface area contributed by atoms with Gasteiger partial charge in [-0.05, 0) is 23.5 Å². The van der Waals surface area contributed by atoms with Crippen LogP contribution >= 0.6 is 0 Å². The third-order valence-electron chi connectivity index (χ3n) is 4.01. The van der Waals surface area contributed by atoms with Gasteiger partial charge in [0, 0.05) is 13.5 Å². The predicted octanol–water partition coefficient (Wildman–Crippen LogP) is 6.11. The maximum absolute atomic E-state index is 13.6. The van der Waals surface area contributed by atoms with E-state index in [0.29, 0.717) is 0 Å². The molecule has 0 aliphatic carbocycles. The van der Waals surface area contributed by atoms with E-state index in [1.807, 2.05) is 13.8 Å². The molecule has 0 saturated carbocycles. The Morgan fingerprint density at radius 2 is 1.54 bits per heavy atom. The fourth-order valence-corrected chi connectivity index (χ4v) is 2.21. The fourth-order valence-electron chi connectivity index (χ4n) is 2.21. The summed E-state index contributed by atoms with van der Waals surface area (Å²) < 4.78 is 94.8. The minimum absolute atomic E-state index is 0.0829. The summed E-state index contributed by atoms with van der Waals surface area (Å²) in [6.07, 6.45) is -8.95. The van der Waals surface area contributed by atoms with Gasteiger partial charge >= 0.3 is 18.0 Å². The quantitative estimate of drug-likeness (QED) is 0.533. The van der Waals surface area contributed by atoms with E-state index in [-0.39, 0.29) is 11.5 Å². The zero-order valence-electron chi connectivity index (χ0n) is 13.4. The number of benzene rings is 1. The van der Waals surface area contributed by atoms with Crippen molar-refractivity contribution in [3.05, 3.63) is 35.4 Å². The second-order valence-corrected chi connectivity index (χ2v) is 5.68. The Bertz CT molecular complexity index is 539. The van der Waals surface area contributed by atoms with Crippen LogP contribution in [-0.2, 0) is 4.74 Å². The maximum atomic E-state index is 13.6. The monoisotopic (exact) mass is 360 g/mol. The van der Waals surface area contributed by atoms with E-state index >= 15 is 0 Å². The molecule has 0 amide bonds. The number of rotatable bonds is 7. The van der Waals surface area contributed by atoms with Gasteiger partial charge in [-0.1, -0.05) is 38.1 Å². The molecule has 2 unspecified atom stereocenters. The molecule has 0 N–H and O–H groups in total. The molecule has 0 fully saturated rings. The molecular formula is C16H19F7O. The highest BCUT2D eigenvalue weighted by Gasteiger charge is 2.73. The van der Waals surface area contributed by atoms with Crippen LogP contribution in [0, 0.1) is 0 Å². The van der Waals surface area contributed by atoms with Crippen molar-refractivity contribution in [2.75, 3.05) is 7.11 Å². The van der Waals surface area contributed by atoms with Crippen LogP contribution < -0.4 is 0 Å². The summed E-state index contributed by atoms with van der Waals surface area (Å²) in [6, 6.07) is 6.11. The third kappa shape index (κ3) is 4.20. The van der Waals surface area contributed by atoms with Crippen molar-refractivity contribution in [2.45, 2.75) is 56.7 Å². The molecule has 0 bridgehead atoms. The number of halogens is 7. The minimum Gasteiger partial charge on any atom is -0.377 e. The lowest BCUT2D eigenvalue weighted by atomic mass is 9.93. The van der Waals surface area contributed by atoms with Gasteiger partial charge in [0.15, 0.2) is 0 Å². The predicted molar refractivity (Wildman–Crippen MR) is 75.5 cm³/mol. The van der Waals surface area contributed by atoms with Crippen molar-refractivity contribution in [2.24, 2.45) is 0 Å². The van der Waals surface area contributed by atoms with E-state index in [2.05, 4.69) is 0 Å². The molecule has 0 heterocycles. The van der Waals surface area contributed by atoms with Crippen LogP contribution in [0.4, 0.5) is 30.7 Å². The first-order chi connectivity index (χ1) is 10.9. The Labute approximate surface area is 135 Å². The van der Waals surface area contributed by atoms with Gasteiger partial charge in [0.25, 0.3) is 0 Å². The van der Waals surface area contributed by atoms with E-state index in [1.165, 1.54) is 18.2 Å². The van der Waals surface area contributed by atoms with E-state index in [0.717, 1.165) is 19.1 Å². The summed E-state index contributed by atoms with van der Waals surface area (Å²) >= 11 is 0. The van der Waals surface area contributed by atoms with Crippen LogP contribution in [-0.4, -0.2) is 25.1 Å². The van der Waals surface area contributed by atoms with Gasteiger partial charge in [-0.15, -0.1) is 0 Å². The third-order valence-corrected chi connectivity index (χ3v) is 4.01. The highest BCUT2D eigenvalue weighted by molar-refractivity contribution is 5.28. The first-order valence-electron chi connectivity index (χ1n) is 7.32. The van der Waals surface area contributed by atoms with Crippen LogP contribution in [0.25, 0.3) is 0 Å². The van der Waals surface area contributed by atoms with Crippen LogP contribution in [0.5, 0.6) is 0 Å². The van der Waals surface area contributed by atoms with Crippen molar-refractivity contribution in [3.63, 3.8) is 0 Å². The summed E-state index contributed by atoms with van der Waals surface area (Å²) in [7, 11) is 0.988. The molecule has 1 aromatic rings. The molecule has 0 spiro atoms. The largest absolute Gasteiger partial charge is 0.459 e. The highest BCUT2D eigenvalue weighted by atomic mass is 19.4. The minimum atomic E-state index is -6.34. The molecule has 0 saturated heterocycles. The maximum Gasteiger partial charge on any atom is 0.459 e. The lowest BCUT2D eigenvalue weighted by molar-refractivity contribution is -0.358. The first-order valence-corrected chi connectivity index (χ1v) is 7.32. The average molecular weight is 360 g/mol. The normalized spacial score (nSPS) is 16.1. The Balaban J connectivity index is 3.11. The summed E-state index contributed by atoms with van der Waals surface area (Å²) in [5, 5.41) is 0. The van der Waals surface area contributed by atoms with E-state index in [9.17, 15) is 30.7 Å². The second-order valence-electron chi connectivity index (χ2n) is 5.68. The molecule has 24 heavy (non-hydrogen) atoms. The summed E-state index contributed by atoms with van der Waals surface area (Å²) in [5.41, 5.74) is 0.899. The zero-order chi connectivity index (χ0) is 18.8. The lowest BCUT2D eigenvalue weighted by Crippen LogP contribution is -2.52. The Kier molecular flexibility index (Phi) is 6.30. The highest BCUT2D eigenvalue weighted by Crippen LogP contribution is 2.50. The molecule has 0 aromatic heterocycles. The van der Waals surface area contributed by atoms with Gasteiger partial charge in [0.2, 0.25) is 0 Å². The molecule has 1 aromatic carbocycles. The zero-order valence-corrected chi connectivity index (χ0v) is 13.4. The van der Waals surface area contributed by atoms with Crippen molar-refractivity contribution in [1.82, 2.24) is 0 Å². The lowest BCUT2D eigenvalue weighted by Gasteiger charge is -2.30. The molecule has 8 heteroatoms. The SMILES string of the molecule is CCC(C)c1cccc(C(CC(F)(F)C(F)(F)C(F)(F)F)OC)c1. The molecule has 0 aliphatic rings. The van der Waals surface area contributed by atoms with E-state index < -0.39 is 30.5 Å². The Hall–Kier alpha value is -1.31. The number of ether oxygens (including phenoxy) is 1. The number of hydrogen-bond donors (Lipinski definition) is 0. The van der Waals surface area contributed by atoms with Crippen molar-refractivity contribution in [3.8, 4) is 0 Å². The van der Waals surface area contributed by atoms with Crippen LogP contribution in [0.1, 0.15) is 49.8 Å². The first kappa shape index (κ1) is 20.7. The van der Waals surface area contributed by atoms with Crippen molar-refractivity contribution < 1.29 is 35.5 Å². The smallest absolute Gasteiger partial charge is 0.377 e. The van der Waals surface area contributed by atoms with E-state index in [1.54, 1.807) is 6.07 Å². The number of alkyl halides is 7. The van der Waals surface area contributed by atoms with Gasteiger partial charge in [0.05, 0.1) is 6.10 Å². The van der Waals surface area contributed by atoms with Crippen molar-refractivity contribution in [1.29, 1.82) is 0 Å². The summed E-state index contributed by atoms with van der Waals surface area (Å²) in [4.78, 5) is 0. The average Bonchev–Trinajstić information content (AvgIpc) is 2.50. The Morgan fingerprint density at radius 3 is 2.00 bits per heavy atom.